The number of fused-ring (bicyclic) bond motifs is 1. The highest BCUT2D eigenvalue weighted by Gasteiger charge is 2.40. The monoisotopic (exact) mass is 336 g/mol. The van der Waals surface area contributed by atoms with Gasteiger partial charge < -0.3 is 20.4 Å². The van der Waals surface area contributed by atoms with Crippen LogP contribution in [-0.4, -0.2) is 44.3 Å². The average Bonchev–Trinajstić information content (AvgIpc) is 2.50. The van der Waals surface area contributed by atoms with Crippen LogP contribution >= 0.6 is 0 Å². The van der Waals surface area contributed by atoms with Crippen molar-refractivity contribution in [3.63, 3.8) is 0 Å². The number of benzene rings is 1. The fourth-order valence-electron chi connectivity index (χ4n) is 3.19. The van der Waals surface area contributed by atoms with Crippen LogP contribution in [0.4, 0.5) is 0 Å². The van der Waals surface area contributed by atoms with Crippen molar-refractivity contribution in [3.8, 4) is 0 Å². The number of carboxylic acid groups (broad SMARTS) is 4. The van der Waals surface area contributed by atoms with Crippen molar-refractivity contribution in [1.82, 2.24) is 0 Å². The molecule has 1 aromatic rings. The fourth-order valence-corrected chi connectivity index (χ4v) is 3.19. The summed E-state index contributed by atoms with van der Waals surface area (Å²) in [6.45, 7) is 0. The molecule has 0 amide bonds. The van der Waals surface area contributed by atoms with Gasteiger partial charge in [0.1, 0.15) is 0 Å². The number of rotatable bonds is 6. The van der Waals surface area contributed by atoms with Gasteiger partial charge in [-0.25, -0.2) is 0 Å². The Labute approximate surface area is 136 Å². The first kappa shape index (κ1) is 17.5. The van der Waals surface area contributed by atoms with Crippen molar-refractivity contribution in [2.75, 3.05) is 0 Å². The van der Waals surface area contributed by atoms with Crippen molar-refractivity contribution in [2.45, 2.75) is 25.2 Å². The van der Waals surface area contributed by atoms with Crippen LogP contribution in [0, 0.1) is 11.8 Å². The molecule has 8 heteroatoms. The largest absolute Gasteiger partial charge is 0.481 e. The fraction of sp³-hybridized carbons (Fsp3) is 0.375. The number of hydrogen-bond donors (Lipinski definition) is 4. The minimum absolute atomic E-state index is 0.0329. The molecule has 8 nitrogen and oxygen atoms in total. The second kappa shape index (κ2) is 6.69. The third-order valence-corrected chi connectivity index (χ3v) is 4.35. The normalized spacial score (nSPS) is 20.7. The summed E-state index contributed by atoms with van der Waals surface area (Å²) in [6, 6.07) is 4.61. The van der Waals surface area contributed by atoms with E-state index in [1.165, 1.54) is 12.1 Å². The molecule has 0 saturated carbocycles. The first-order valence-corrected chi connectivity index (χ1v) is 7.23. The Kier molecular flexibility index (Phi) is 4.87. The zero-order chi connectivity index (χ0) is 18.0. The lowest BCUT2D eigenvalue weighted by Gasteiger charge is -2.30. The van der Waals surface area contributed by atoms with Gasteiger partial charge in [-0.15, -0.1) is 0 Å². The maximum atomic E-state index is 11.4. The van der Waals surface area contributed by atoms with Crippen molar-refractivity contribution >= 4 is 23.9 Å². The molecule has 0 saturated heterocycles. The predicted molar refractivity (Wildman–Crippen MR) is 78.7 cm³/mol. The van der Waals surface area contributed by atoms with Crippen molar-refractivity contribution < 1.29 is 39.6 Å². The van der Waals surface area contributed by atoms with E-state index >= 15 is 0 Å². The van der Waals surface area contributed by atoms with Crippen LogP contribution in [0.15, 0.2) is 18.2 Å². The molecule has 1 aliphatic rings. The highest BCUT2D eigenvalue weighted by molar-refractivity contribution is 5.84. The lowest BCUT2D eigenvalue weighted by atomic mass is 9.72. The molecule has 1 aromatic carbocycles. The zero-order valence-electron chi connectivity index (χ0n) is 12.5. The number of hydrogen-bond acceptors (Lipinski definition) is 4. The van der Waals surface area contributed by atoms with E-state index in [0.717, 1.165) is 0 Å². The number of aliphatic carboxylic acids is 4. The summed E-state index contributed by atoms with van der Waals surface area (Å²) in [6.07, 6.45) is -0.804. The van der Waals surface area contributed by atoms with E-state index in [4.69, 9.17) is 5.11 Å². The second-order valence-electron chi connectivity index (χ2n) is 5.77. The molecule has 24 heavy (non-hydrogen) atoms. The minimum atomic E-state index is -1.32. The Morgan fingerprint density at radius 2 is 1.54 bits per heavy atom. The summed E-state index contributed by atoms with van der Waals surface area (Å²) < 4.78 is 0. The third kappa shape index (κ3) is 3.37. The van der Waals surface area contributed by atoms with E-state index in [9.17, 15) is 34.5 Å². The Morgan fingerprint density at radius 3 is 2.04 bits per heavy atom. The summed E-state index contributed by atoms with van der Waals surface area (Å²) in [4.78, 5) is 45.1. The molecule has 0 spiro atoms. The average molecular weight is 336 g/mol. The van der Waals surface area contributed by atoms with Gasteiger partial charge in [0, 0.05) is 0 Å². The van der Waals surface area contributed by atoms with Crippen LogP contribution in [0.5, 0.6) is 0 Å². The van der Waals surface area contributed by atoms with E-state index in [-0.39, 0.29) is 18.4 Å². The van der Waals surface area contributed by atoms with Gasteiger partial charge in [0.05, 0.1) is 24.2 Å². The zero-order valence-corrected chi connectivity index (χ0v) is 12.5. The molecule has 0 bridgehead atoms. The summed E-state index contributed by atoms with van der Waals surface area (Å²) >= 11 is 0. The predicted octanol–water partition coefficient (Wildman–Crippen LogP) is 0.830. The smallest absolute Gasteiger partial charge is 0.311 e. The molecule has 0 heterocycles. The third-order valence-electron chi connectivity index (χ3n) is 4.35. The number of carbonyl (C=O) groups is 4. The van der Waals surface area contributed by atoms with Crippen LogP contribution in [0.3, 0.4) is 0 Å². The van der Waals surface area contributed by atoms with E-state index in [2.05, 4.69) is 0 Å². The van der Waals surface area contributed by atoms with Gasteiger partial charge in [-0.3, -0.25) is 19.2 Å². The number of carboxylic acids is 4. The summed E-state index contributed by atoms with van der Waals surface area (Å²) in [5, 5.41) is 36.8. The second-order valence-corrected chi connectivity index (χ2v) is 5.77. The van der Waals surface area contributed by atoms with Crippen molar-refractivity contribution in [3.05, 3.63) is 34.9 Å². The molecule has 2 rings (SSSR count). The quantitative estimate of drug-likeness (QED) is 0.596. The molecule has 0 fully saturated rings. The Balaban J connectivity index is 2.51. The highest BCUT2D eigenvalue weighted by atomic mass is 16.4. The SMILES string of the molecule is O=C(O)CC(C(=O)O)c1cccc2c1CC(C(=O)O)C(C(=O)O)C2. The summed E-state index contributed by atoms with van der Waals surface area (Å²) in [7, 11) is 0. The maximum absolute atomic E-state index is 11.4. The van der Waals surface area contributed by atoms with Crippen LogP contribution in [0.1, 0.15) is 29.0 Å². The molecule has 0 aliphatic heterocycles. The molecule has 0 aromatic heterocycles. The van der Waals surface area contributed by atoms with Gasteiger partial charge in [-0.05, 0) is 29.5 Å². The van der Waals surface area contributed by atoms with Gasteiger partial charge in [-0.2, -0.15) is 0 Å². The van der Waals surface area contributed by atoms with Crippen molar-refractivity contribution in [1.29, 1.82) is 0 Å². The topological polar surface area (TPSA) is 149 Å². The van der Waals surface area contributed by atoms with E-state index in [1.54, 1.807) is 6.07 Å². The molecular formula is C16H16O8. The van der Waals surface area contributed by atoms with Crippen molar-refractivity contribution in [2.24, 2.45) is 11.8 Å². The van der Waals surface area contributed by atoms with E-state index in [0.29, 0.717) is 11.1 Å². The van der Waals surface area contributed by atoms with E-state index < -0.39 is 48.1 Å². The molecule has 3 unspecified atom stereocenters. The van der Waals surface area contributed by atoms with Crippen LogP contribution in [0.25, 0.3) is 0 Å². The van der Waals surface area contributed by atoms with Crippen LogP contribution in [-0.2, 0) is 32.0 Å². The maximum Gasteiger partial charge on any atom is 0.311 e. The molecule has 128 valence electrons. The molecule has 0 radical (unpaired) electrons. The molecule has 1 aliphatic carbocycles. The minimum Gasteiger partial charge on any atom is -0.481 e. The lowest BCUT2D eigenvalue weighted by Crippen LogP contribution is -2.37. The van der Waals surface area contributed by atoms with Gasteiger partial charge >= 0.3 is 23.9 Å². The standard InChI is InChI=1S/C16H16O8/c17-13(18)6-12(16(23)24)8-3-1-2-7-4-10(14(19)20)11(15(21)22)5-9(7)8/h1-3,10-12H,4-6H2,(H,17,18)(H,19,20)(H,21,22)(H,23,24). The first-order chi connectivity index (χ1) is 11.2. The highest BCUT2D eigenvalue weighted by Crippen LogP contribution is 2.36. The molecular weight excluding hydrogens is 320 g/mol. The Hall–Kier alpha value is -2.90. The van der Waals surface area contributed by atoms with E-state index in [1.807, 2.05) is 0 Å². The Morgan fingerprint density at radius 1 is 0.958 bits per heavy atom. The lowest BCUT2D eigenvalue weighted by molar-refractivity contribution is -0.154. The molecule has 4 N–H and O–H groups in total. The van der Waals surface area contributed by atoms with Crippen LogP contribution in [0.2, 0.25) is 0 Å². The van der Waals surface area contributed by atoms with Gasteiger partial charge in [0.2, 0.25) is 0 Å². The summed E-state index contributed by atoms with van der Waals surface area (Å²) in [5.74, 6) is -8.70. The van der Waals surface area contributed by atoms with Gasteiger partial charge in [-0.1, -0.05) is 18.2 Å². The molecule has 3 atom stereocenters. The van der Waals surface area contributed by atoms with Gasteiger partial charge in [0.25, 0.3) is 0 Å². The Bertz CT molecular complexity index is 708. The van der Waals surface area contributed by atoms with Crippen LogP contribution < -0.4 is 0 Å². The van der Waals surface area contributed by atoms with Gasteiger partial charge in [0.15, 0.2) is 0 Å². The summed E-state index contributed by atoms with van der Waals surface area (Å²) in [5.41, 5.74) is 1.21. The first-order valence-electron chi connectivity index (χ1n) is 7.23.